The zero-order valence-corrected chi connectivity index (χ0v) is 20.2. The third-order valence-corrected chi connectivity index (χ3v) is 6.18. The molecule has 1 aliphatic rings. The highest BCUT2D eigenvalue weighted by Crippen LogP contribution is 2.27. The molecule has 1 saturated heterocycles. The molecule has 180 valence electrons. The average Bonchev–Trinajstić information content (AvgIpc) is 3.32. The first-order valence-electron chi connectivity index (χ1n) is 11.3. The van der Waals surface area contributed by atoms with Crippen LogP contribution in [0.15, 0.2) is 47.0 Å². The summed E-state index contributed by atoms with van der Waals surface area (Å²) in [5, 5.41) is 7.78. The lowest BCUT2D eigenvalue weighted by atomic mass is 9.97. The van der Waals surface area contributed by atoms with Gasteiger partial charge in [0.25, 0.3) is 0 Å². The Labute approximate surface area is 204 Å². The van der Waals surface area contributed by atoms with Crippen molar-refractivity contribution in [2.45, 2.75) is 25.8 Å². The molecule has 0 spiro atoms. The van der Waals surface area contributed by atoms with E-state index in [0.29, 0.717) is 47.9 Å². The van der Waals surface area contributed by atoms with E-state index in [4.69, 9.17) is 25.6 Å². The lowest BCUT2D eigenvalue weighted by Crippen LogP contribution is -2.43. The fourth-order valence-corrected chi connectivity index (χ4v) is 4.37. The number of halogens is 1. The van der Waals surface area contributed by atoms with Gasteiger partial charge >= 0.3 is 0 Å². The van der Waals surface area contributed by atoms with Gasteiger partial charge in [0.2, 0.25) is 17.6 Å². The number of likely N-dealkylation sites (tertiary alicyclic amines) is 1. The van der Waals surface area contributed by atoms with Crippen LogP contribution in [0.5, 0.6) is 11.5 Å². The number of nitrogens with zero attached hydrogens (tertiary/aromatic N) is 3. The third-order valence-electron chi connectivity index (χ3n) is 5.95. The van der Waals surface area contributed by atoms with Crippen molar-refractivity contribution < 1.29 is 18.8 Å². The first-order valence-corrected chi connectivity index (χ1v) is 11.7. The van der Waals surface area contributed by atoms with Gasteiger partial charge in [-0.1, -0.05) is 35.0 Å². The Balaban J connectivity index is 1.27. The summed E-state index contributed by atoms with van der Waals surface area (Å²) in [6, 6.07) is 13.2. The topological polar surface area (TPSA) is 89.7 Å². The van der Waals surface area contributed by atoms with E-state index in [0.717, 1.165) is 36.9 Å². The first kappa shape index (κ1) is 24.0. The predicted octanol–water partition coefficient (Wildman–Crippen LogP) is 3.98. The second-order valence-corrected chi connectivity index (χ2v) is 8.76. The zero-order chi connectivity index (χ0) is 23.9. The molecule has 2 aromatic carbocycles. The molecule has 1 unspecified atom stereocenters. The van der Waals surface area contributed by atoms with Crippen LogP contribution in [0.3, 0.4) is 0 Å². The maximum absolute atomic E-state index is 12.8. The highest BCUT2D eigenvalue weighted by Gasteiger charge is 2.26. The van der Waals surface area contributed by atoms with Gasteiger partial charge in [-0.05, 0) is 55.6 Å². The van der Waals surface area contributed by atoms with Gasteiger partial charge in [-0.25, -0.2) is 0 Å². The molecule has 1 N–H and O–H groups in total. The van der Waals surface area contributed by atoms with Crippen LogP contribution in [0, 0.1) is 5.92 Å². The van der Waals surface area contributed by atoms with Gasteiger partial charge in [-0.15, -0.1) is 0 Å². The van der Waals surface area contributed by atoms with Gasteiger partial charge in [-0.2, -0.15) is 4.98 Å². The summed E-state index contributed by atoms with van der Waals surface area (Å²) in [6.45, 7) is 2.64. The molecule has 4 rings (SSSR count). The van der Waals surface area contributed by atoms with Crippen molar-refractivity contribution >= 4 is 17.5 Å². The van der Waals surface area contributed by atoms with Crippen molar-refractivity contribution in [3.05, 3.63) is 58.9 Å². The number of methoxy groups -OCH3 is 2. The summed E-state index contributed by atoms with van der Waals surface area (Å²) >= 11 is 6.06. The monoisotopic (exact) mass is 484 g/mol. The van der Waals surface area contributed by atoms with Gasteiger partial charge in [0.15, 0.2) is 11.5 Å². The van der Waals surface area contributed by atoms with Crippen molar-refractivity contribution in [1.29, 1.82) is 0 Å². The molecule has 1 amide bonds. The van der Waals surface area contributed by atoms with Gasteiger partial charge < -0.3 is 19.3 Å². The van der Waals surface area contributed by atoms with Crippen LogP contribution in [-0.4, -0.2) is 54.8 Å². The lowest BCUT2D eigenvalue weighted by molar-refractivity contribution is -0.126. The minimum atomic E-state index is -0.0607. The molecule has 1 atom stereocenters. The van der Waals surface area contributed by atoms with Crippen LogP contribution in [0.4, 0.5) is 0 Å². The summed E-state index contributed by atoms with van der Waals surface area (Å²) in [5.74, 6) is 2.44. The van der Waals surface area contributed by atoms with Crippen molar-refractivity contribution in [1.82, 2.24) is 20.4 Å². The highest BCUT2D eigenvalue weighted by atomic mass is 35.5. The van der Waals surface area contributed by atoms with E-state index in [2.05, 4.69) is 20.4 Å². The number of piperidine rings is 1. The van der Waals surface area contributed by atoms with Crippen molar-refractivity contribution in [2.75, 3.05) is 33.9 Å². The van der Waals surface area contributed by atoms with Gasteiger partial charge in [0, 0.05) is 23.7 Å². The fourth-order valence-electron chi connectivity index (χ4n) is 4.18. The van der Waals surface area contributed by atoms with E-state index in [1.54, 1.807) is 26.4 Å². The lowest BCUT2D eigenvalue weighted by Gasteiger charge is -2.30. The maximum Gasteiger partial charge on any atom is 0.241 e. The number of aromatic nitrogens is 2. The van der Waals surface area contributed by atoms with Crippen molar-refractivity contribution in [3.8, 4) is 22.9 Å². The molecule has 0 aliphatic carbocycles. The van der Waals surface area contributed by atoms with Crippen molar-refractivity contribution in [3.63, 3.8) is 0 Å². The van der Waals surface area contributed by atoms with Crippen molar-refractivity contribution in [2.24, 2.45) is 5.92 Å². The number of hydrogen-bond acceptors (Lipinski definition) is 7. The number of rotatable bonds is 9. The number of hydrogen-bond donors (Lipinski definition) is 1. The second kappa shape index (κ2) is 11.4. The summed E-state index contributed by atoms with van der Waals surface area (Å²) < 4.78 is 16.1. The largest absolute Gasteiger partial charge is 0.493 e. The summed E-state index contributed by atoms with van der Waals surface area (Å²) in [4.78, 5) is 19.5. The molecule has 8 nitrogen and oxygen atoms in total. The molecule has 3 aromatic rings. The Kier molecular flexibility index (Phi) is 8.03. The predicted molar refractivity (Wildman–Crippen MR) is 129 cm³/mol. The quantitative estimate of drug-likeness (QED) is 0.491. The normalized spacial score (nSPS) is 16.3. The molecule has 34 heavy (non-hydrogen) atoms. The zero-order valence-electron chi connectivity index (χ0n) is 19.4. The Morgan fingerprint density at radius 2 is 2.06 bits per heavy atom. The molecular formula is C25H29ClN4O4. The van der Waals surface area contributed by atoms with E-state index in [-0.39, 0.29) is 11.8 Å². The van der Waals surface area contributed by atoms with E-state index < -0.39 is 0 Å². The van der Waals surface area contributed by atoms with Gasteiger partial charge in [0.05, 0.1) is 26.7 Å². The number of nitrogens with one attached hydrogen (secondary N) is 1. The SMILES string of the molecule is COc1ccc(CCNC(=O)C2CCCN(Cc3nc(-c4cccc(Cl)c4)no3)C2)cc1OC. The van der Waals surface area contributed by atoms with Gasteiger partial charge in [-0.3, -0.25) is 9.69 Å². The number of ether oxygens (including phenoxy) is 2. The molecule has 1 aliphatic heterocycles. The van der Waals surface area contributed by atoms with Crippen LogP contribution >= 0.6 is 11.6 Å². The Morgan fingerprint density at radius 1 is 1.21 bits per heavy atom. The van der Waals surface area contributed by atoms with E-state index in [1.165, 1.54) is 0 Å². The van der Waals surface area contributed by atoms with E-state index in [1.807, 2.05) is 30.3 Å². The molecular weight excluding hydrogens is 456 g/mol. The van der Waals surface area contributed by atoms with E-state index >= 15 is 0 Å². The maximum atomic E-state index is 12.8. The molecule has 0 bridgehead atoms. The Hall–Kier alpha value is -3.10. The first-order chi connectivity index (χ1) is 16.6. The van der Waals surface area contributed by atoms with Crippen LogP contribution < -0.4 is 14.8 Å². The number of benzene rings is 2. The Bertz CT molecular complexity index is 1120. The molecule has 1 fully saturated rings. The summed E-state index contributed by atoms with van der Waals surface area (Å²) in [5.41, 5.74) is 1.89. The summed E-state index contributed by atoms with van der Waals surface area (Å²) in [6.07, 6.45) is 2.54. The number of carbonyl (C=O) groups is 1. The number of carbonyl (C=O) groups excluding carboxylic acids is 1. The van der Waals surface area contributed by atoms with Crippen LogP contribution in [0.2, 0.25) is 5.02 Å². The minimum absolute atomic E-state index is 0.0607. The minimum Gasteiger partial charge on any atom is -0.493 e. The highest BCUT2D eigenvalue weighted by molar-refractivity contribution is 6.30. The molecule has 1 aromatic heterocycles. The standard InChI is InChI=1S/C25H29ClN4O4/c1-32-21-9-8-17(13-22(21)33-2)10-11-27-25(31)19-6-4-12-30(15-19)16-23-28-24(29-34-23)18-5-3-7-20(26)14-18/h3,5,7-9,13-14,19H,4,6,10-12,15-16H2,1-2H3,(H,27,31). The Morgan fingerprint density at radius 3 is 2.85 bits per heavy atom. The molecule has 0 radical (unpaired) electrons. The fraction of sp³-hybridized carbons (Fsp3) is 0.400. The van der Waals surface area contributed by atoms with Gasteiger partial charge in [0.1, 0.15) is 0 Å². The van der Waals surface area contributed by atoms with Crippen LogP contribution in [0.25, 0.3) is 11.4 Å². The van der Waals surface area contributed by atoms with Crippen LogP contribution in [0.1, 0.15) is 24.3 Å². The molecule has 2 heterocycles. The second-order valence-electron chi connectivity index (χ2n) is 8.33. The average molecular weight is 485 g/mol. The molecule has 9 heteroatoms. The van der Waals surface area contributed by atoms with Crippen LogP contribution in [-0.2, 0) is 17.8 Å². The van der Waals surface area contributed by atoms with E-state index in [9.17, 15) is 4.79 Å². The smallest absolute Gasteiger partial charge is 0.241 e. The third kappa shape index (κ3) is 6.07. The summed E-state index contributed by atoms with van der Waals surface area (Å²) in [7, 11) is 3.23. The number of amides is 1. The molecule has 0 saturated carbocycles.